The van der Waals surface area contributed by atoms with Gasteiger partial charge in [-0.2, -0.15) is 0 Å². The van der Waals surface area contributed by atoms with Crippen LogP contribution < -0.4 is 9.62 Å². The highest BCUT2D eigenvalue weighted by Gasteiger charge is 2.26. The lowest BCUT2D eigenvalue weighted by Gasteiger charge is -2.22. The number of hydrogen-bond donors (Lipinski definition) is 1. The van der Waals surface area contributed by atoms with Crippen LogP contribution in [0.3, 0.4) is 0 Å². The quantitative estimate of drug-likeness (QED) is 0.893. The maximum Gasteiger partial charge on any atom is 0.245 e. The Labute approximate surface area is 136 Å². The molecule has 0 aromatic heterocycles. The Hall–Kier alpha value is -2.55. The fraction of sp³-hybridized carbons (Fsp3) is 0.133. The number of halogens is 3. The van der Waals surface area contributed by atoms with Gasteiger partial charge >= 0.3 is 0 Å². The summed E-state index contributed by atoms with van der Waals surface area (Å²) in [5.41, 5.74) is -0.767. The Balaban J connectivity index is 2.29. The molecule has 0 bridgehead atoms. The van der Waals surface area contributed by atoms with Crippen LogP contribution in [0.25, 0.3) is 0 Å². The van der Waals surface area contributed by atoms with Gasteiger partial charge in [-0.3, -0.25) is 9.10 Å². The highest BCUT2D eigenvalue weighted by molar-refractivity contribution is 7.92. The number of carbonyl (C=O) groups excluding carboxylic acids is 1. The Morgan fingerprint density at radius 1 is 1.08 bits per heavy atom. The van der Waals surface area contributed by atoms with E-state index in [9.17, 15) is 26.4 Å². The van der Waals surface area contributed by atoms with Crippen molar-refractivity contribution in [3.8, 4) is 0 Å². The van der Waals surface area contributed by atoms with Crippen LogP contribution in [-0.2, 0) is 14.8 Å². The molecular weight excluding hydrogens is 345 g/mol. The normalized spacial score (nSPS) is 11.2. The van der Waals surface area contributed by atoms with Crippen molar-refractivity contribution in [3.05, 3.63) is 59.9 Å². The topological polar surface area (TPSA) is 66.5 Å². The van der Waals surface area contributed by atoms with Crippen LogP contribution in [0.2, 0.25) is 0 Å². The molecule has 2 aromatic rings. The van der Waals surface area contributed by atoms with Gasteiger partial charge in [-0.05, 0) is 30.3 Å². The molecule has 0 saturated heterocycles. The monoisotopic (exact) mass is 358 g/mol. The molecule has 1 N–H and O–H groups in total. The molecule has 0 unspecified atom stereocenters. The number of benzene rings is 2. The fourth-order valence-electron chi connectivity index (χ4n) is 1.99. The molecule has 2 rings (SSSR count). The van der Waals surface area contributed by atoms with E-state index in [0.29, 0.717) is 10.6 Å². The number of rotatable bonds is 5. The first-order valence-electron chi connectivity index (χ1n) is 6.65. The van der Waals surface area contributed by atoms with Crippen molar-refractivity contribution in [3.63, 3.8) is 0 Å². The van der Waals surface area contributed by atoms with Crippen molar-refractivity contribution < 1.29 is 26.4 Å². The first kappa shape index (κ1) is 17.8. The van der Waals surface area contributed by atoms with E-state index in [1.165, 1.54) is 12.1 Å². The molecule has 0 aliphatic carbocycles. The fourth-order valence-corrected chi connectivity index (χ4v) is 2.84. The number of amides is 1. The van der Waals surface area contributed by atoms with Crippen molar-refractivity contribution in [2.75, 3.05) is 22.4 Å². The summed E-state index contributed by atoms with van der Waals surface area (Å²) < 4.78 is 64.7. The van der Waals surface area contributed by atoms with Crippen LogP contribution in [0.4, 0.5) is 24.5 Å². The Morgan fingerprint density at radius 3 is 2.21 bits per heavy atom. The zero-order valence-electron chi connectivity index (χ0n) is 12.5. The van der Waals surface area contributed by atoms with Gasteiger partial charge in [-0.25, -0.2) is 21.6 Å². The van der Waals surface area contributed by atoms with Gasteiger partial charge in [-0.15, -0.1) is 0 Å². The largest absolute Gasteiger partial charge is 0.324 e. The molecule has 24 heavy (non-hydrogen) atoms. The summed E-state index contributed by atoms with van der Waals surface area (Å²) in [5, 5.41) is 2.26. The maximum absolute atomic E-state index is 13.8. The molecule has 0 saturated carbocycles. The van der Waals surface area contributed by atoms with Crippen LogP contribution in [0.1, 0.15) is 0 Å². The van der Waals surface area contributed by atoms with Crippen LogP contribution in [0, 0.1) is 17.5 Å². The van der Waals surface area contributed by atoms with E-state index >= 15 is 0 Å². The standard InChI is InChI=1S/C15H13F3N2O3S/c1-24(22,23)20(15-12(17)6-3-7-13(15)18)9-14(21)19-11-5-2-4-10(16)8-11/h2-8H,9H2,1H3,(H,19,21). The first-order chi connectivity index (χ1) is 11.2. The van der Waals surface area contributed by atoms with Gasteiger partial charge in [0.2, 0.25) is 15.9 Å². The lowest BCUT2D eigenvalue weighted by Crippen LogP contribution is -2.38. The van der Waals surface area contributed by atoms with Gasteiger partial charge < -0.3 is 5.32 Å². The molecule has 0 spiro atoms. The summed E-state index contributed by atoms with van der Waals surface area (Å²) in [6.45, 7) is -0.868. The highest BCUT2D eigenvalue weighted by atomic mass is 32.2. The number of hydrogen-bond acceptors (Lipinski definition) is 3. The van der Waals surface area contributed by atoms with Gasteiger partial charge in [0, 0.05) is 5.69 Å². The Kier molecular flexibility index (Phi) is 5.13. The summed E-state index contributed by atoms with van der Waals surface area (Å²) >= 11 is 0. The minimum Gasteiger partial charge on any atom is -0.324 e. The molecule has 0 heterocycles. The van der Waals surface area contributed by atoms with Crippen molar-refractivity contribution in [2.45, 2.75) is 0 Å². The second-order valence-corrected chi connectivity index (χ2v) is 6.81. The zero-order valence-corrected chi connectivity index (χ0v) is 13.3. The van der Waals surface area contributed by atoms with E-state index in [4.69, 9.17) is 0 Å². The predicted molar refractivity (Wildman–Crippen MR) is 83.6 cm³/mol. The second-order valence-electron chi connectivity index (χ2n) is 4.90. The molecular formula is C15H13F3N2O3S. The molecule has 1 amide bonds. The van der Waals surface area contributed by atoms with Crippen molar-refractivity contribution >= 4 is 27.3 Å². The maximum atomic E-state index is 13.8. The zero-order chi connectivity index (χ0) is 17.9. The molecule has 0 atom stereocenters. The SMILES string of the molecule is CS(=O)(=O)N(CC(=O)Nc1cccc(F)c1)c1c(F)cccc1F. The molecule has 9 heteroatoms. The number of anilines is 2. The van der Waals surface area contributed by atoms with Crippen LogP contribution in [-0.4, -0.2) is 27.1 Å². The van der Waals surface area contributed by atoms with Gasteiger partial charge in [-0.1, -0.05) is 12.1 Å². The number of nitrogens with one attached hydrogen (secondary N) is 1. The van der Waals surface area contributed by atoms with Crippen molar-refractivity contribution in [1.29, 1.82) is 0 Å². The molecule has 5 nitrogen and oxygen atoms in total. The Bertz CT molecular complexity index is 852. The summed E-state index contributed by atoms with van der Waals surface area (Å²) in [6, 6.07) is 7.73. The third kappa shape index (κ3) is 4.25. The smallest absolute Gasteiger partial charge is 0.245 e. The lowest BCUT2D eigenvalue weighted by molar-refractivity contribution is -0.114. The lowest BCUT2D eigenvalue weighted by atomic mass is 10.3. The highest BCUT2D eigenvalue weighted by Crippen LogP contribution is 2.25. The van der Waals surface area contributed by atoms with Crippen LogP contribution in [0.15, 0.2) is 42.5 Å². The minimum atomic E-state index is -4.14. The average molecular weight is 358 g/mol. The Morgan fingerprint density at radius 2 is 1.67 bits per heavy atom. The van der Waals surface area contributed by atoms with Crippen molar-refractivity contribution in [2.24, 2.45) is 0 Å². The molecule has 0 aliphatic rings. The average Bonchev–Trinajstić information content (AvgIpc) is 2.45. The van der Waals surface area contributed by atoms with Crippen LogP contribution in [0.5, 0.6) is 0 Å². The molecule has 0 aliphatic heterocycles. The van der Waals surface area contributed by atoms with Gasteiger partial charge in [0.25, 0.3) is 0 Å². The van der Waals surface area contributed by atoms with Gasteiger partial charge in [0.1, 0.15) is 18.0 Å². The number of carbonyl (C=O) groups is 1. The molecule has 0 radical (unpaired) electrons. The van der Waals surface area contributed by atoms with E-state index in [-0.39, 0.29) is 5.69 Å². The summed E-state index contributed by atoms with van der Waals surface area (Å²) in [7, 11) is -4.14. The van der Waals surface area contributed by atoms with Gasteiger partial charge in [0.15, 0.2) is 11.6 Å². The predicted octanol–water partition coefficient (Wildman–Crippen LogP) is 2.51. The summed E-state index contributed by atoms with van der Waals surface area (Å²) in [6.07, 6.45) is 0.717. The molecule has 2 aromatic carbocycles. The van der Waals surface area contributed by atoms with E-state index in [2.05, 4.69) is 5.32 Å². The van der Waals surface area contributed by atoms with Crippen molar-refractivity contribution in [1.82, 2.24) is 0 Å². The van der Waals surface area contributed by atoms with E-state index in [1.807, 2.05) is 0 Å². The van der Waals surface area contributed by atoms with E-state index in [0.717, 1.165) is 30.3 Å². The van der Waals surface area contributed by atoms with E-state index < -0.39 is 45.6 Å². The third-order valence-electron chi connectivity index (χ3n) is 2.98. The summed E-state index contributed by atoms with van der Waals surface area (Å²) in [4.78, 5) is 12.0. The third-order valence-corrected chi connectivity index (χ3v) is 4.10. The number of para-hydroxylation sites is 1. The number of nitrogens with zero attached hydrogens (tertiary/aromatic N) is 1. The minimum absolute atomic E-state index is 0.0856. The van der Waals surface area contributed by atoms with Crippen LogP contribution >= 0.6 is 0 Å². The second kappa shape index (κ2) is 6.91. The summed E-state index contributed by atoms with van der Waals surface area (Å²) in [5.74, 6) is -3.74. The van der Waals surface area contributed by atoms with Gasteiger partial charge in [0.05, 0.1) is 6.26 Å². The first-order valence-corrected chi connectivity index (χ1v) is 8.50. The molecule has 0 fully saturated rings. The number of sulfonamides is 1. The molecule has 128 valence electrons. The van der Waals surface area contributed by atoms with E-state index in [1.54, 1.807) is 0 Å².